The Labute approximate surface area is 207 Å². The minimum absolute atomic E-state index is 0.0720. The Hall–Kier alpha value is -3.42. The predicted molar refractivity (Wildman–Crippen MR) is 135 cm³/mol. The zero-order valence-corrected chi connectivity index (χ0v) is 20.9. The van der Waals surface area contributed by atoms with Gasteiger partial charge in [-0.3, -0.25) is 0 Å². The van der Waals surface area contributed by atoms with Crippen LogP contribution in [0, 0.1) is 0 Å². The van der Waals surface area contributed by atoms with Crippen molar-refractivity contribution in [1.82, 2.24) is 0 Å². The molecule has 0 aliphatic rings. The molecule has 1 aromatic heterocycles. The number of nitrogens with zero attached hydrogens (tertiary/aromatic N) is 1. The van der Waals surface area contributed by atoms with Crippen LogP contribution >= 0.6 is 19.4 Å². The van der Waals surface area contributed by atoms with Gasteiger partial charge in [-0.25, -0.2) is 19.1 Å². The average molecular weight is 517 g/mol. The van der Waals surface area contributed by atoms with E-state index in [-0.39, 0.29) is 35.9 Å². The standard InChI is InChI=1S/C25H24FNO6PS/c1-4-12-31-24(28)16(3)27-19-8-6-7-9-20(19)33-34(30)23(26)17-10-11-21-18(14-17)15-22(35-21)25(29)32-13-5-2/h5-11,14-15,23H,2,4,12-13H2,1,3H3/q+1. The van der Waals surface area contributed by atoms with E-state index in [9.17, 15) is 14.2 Å². The van der Waals surface area contributed by atoms with Crippen molar-refractivity contribution in [3.8, 4) is 5.75 Å². The highest BCUT2D eigenvalue weighted by Gasteiger charge is 2.37. The maximum atomic E-state index is 15.1. The number of para-hydroxylation sites is 2. The summed E-state index contributed by atoms with van der Waals surface area (Å²) in [6, 6.07) is 12.6. The molecule has 0 amide bonds. The van der Waals surface area contributed by atoms with E-state index in [0.29, 0.717) is 16.7 Å². The summed E-state index contributed by atoms with van der Waals surface area (Å²) in [7, 11) is -2.83. The number of halogens is 1. The van der Waals surface area contributed by atoms with Gasteiger partial charge in [0.1, 0.15) is 22.9 Å². The first-order valence-electron chi connectivity index (χ1n) is 10.8. The molecule has 10 heteroatoms. The monoisotopic (exact) mass is 516 g/mol. The Bertz CT molecular complexity index is 1290. The number of alkyl halides is 1. The lowest BCUT2D eigenvalue weighted by atomic mass is 10.2. The van der Waals surface area contributed by atoms with Crippen LogP contribution < -0.4 is 4.52 Å². The van der Waals surface area contributed by atoms with Crippen molar-refractivity contribution < 1.29 is 32.5 Å². The van der Waals surface area contributed by atoms with Crippen LogP contribution in [0.25, 0.3) is 10.1 Å². The number of fused-ring (bicyclic) bond motifs is 1. The van der Waals surface area contributed by atoms with Gasteiger partial charge in [0.25, 0.3) is 0 Å². The fraction of sp³-hybridized carbons (Fsp3) is 0.240. The van der Waals surface area contributed by atoms with E-state index in [2.05, 4.69) is 11.6 Å². The summed E-state index contributed by atoms with van der Waals surface area (Å²) < 4.78 is 44.1. The van der Waals surface area contributed by atoms with Gasteiger partial charge in [0.15, 0.2) is 0 Å². The number of esters is 2. The highest BCUT2D eigenvalue weighted by molar-refractivity contribution is 7.39. The van der Waals surface area contributed by atoms with Crippen LogP contribution in [0.1, 0.15) is 41.4 Å². The quantitative estimate of drug-likeness (QED) is 0.117. The number of benzene rings is 2. The van der Waals surface area contributed by atoms with Gasteiger partial charge in [-0.2, -0.15) is 4.39 Å². The van der Waals surface area contributed by atoms with Gasteiger partial charge < -0.3 is 9.47 Å². The van der Waals surface area contributed by atoms with E-state index in [1.54, 1.807) is 30.3 Å². The summed E-state index contributed by atoms with van der Waals surface area (Å²) in [4.78, 5) is 28.6. The molecule has 0 bridgehead atoms. The fourth-order valence-corrected chi connectivity index (χ4v) is 4.72. The highest BCUT2D eigenvalue weighted by atomic mass is 32.1. The van der Waals surface area contributed by atoms with E-state index >= 15 is 4.39 Å². The first-order chi connectivity index (χ1) is 16.8. The van der Waals surface area contributed by atoms with Gasteiger partial charge in [0.05, 0.1) is 6.61 Å². The molecule has 0 radical (unpaired) electrons. The van der Waals surface area contributed by atoms with Gasteiger partial charge >= 0.3 is 25.9 Å². The number of hydrogen-bond acceptors (Lipinski definition) is 8. The van der Waals surface area contributed by atoms with Crippen molar-refractivity contribution >= 4 is 52.8 Å². The maximum Gasteiger partial charge on any atom is 0.598 e. The van der Waals surface area contributed by atoms with E-state index in [0.717, 1.165) is 4.70 Å². The lowest BCUT2D eigenvalue weighted by Crippen LogP contribution is -2.14. The second kappa shape index (κ2) is 12.3. The SMILES string of the molecule is C=CCOC(=O)c1cc2cc(C(F)[P+](=O)Oc3ccccc3N=C(C)C(=O)OCCC)ccc2s1. The molecule has 35 heavy (non-hydrogen) atoms. The van der Waals surface area contributed by atoms with Crippen molar-refractivity contribution in [3.63, 3.8) is 0 Å². The molecule has 2 atom stereocenters. The number of carbonyl (C=O) groups is 2. The maximum absolute atomic E-state index is 15.1. The van der Waals surface area contributed by atoms with E-state index in [1.165, 1.54) is 42.5 Å². The molecule has 0 fully saturated rings. The largest absolute Gasteiger partial charge is 0.598 e. The Morgan fingerprint density at radius 1 is 1.20 bits per heavy atom. The fourth-order valence-electron chi connectivity index (χ4n) is 2.93. The van der Waals surface area contributed by atoms with Crippen LogP contribution in [0.3, 0.4) is 0 Å². The third kappa shape index (κ3) is 6.81. The lowest BCUT2D eigenvalue weighted by Gasteiger charge is -2.04. The van der Waals surface area contributed by atoms with Crippen molar-refractivity contribution in [2.45, 2.75) is 26.2 Å². The molecule has 7 nitrogen and oxygen atoms in total. The van der Waals surface area contributed by atoms with Gasteiger partial charge in [-0.1, -0.05) is 37.8 Å². The normalized spacial score (nSPS) is 12.7. The number of aliphatic imine (C=N–C) groups is 1. The summed E-state index contributed by atoms with van der Waals surface area (Å²) in [6.45, 7) is 7.23. The van der Waals surface area contributed by atoms with Crippen molar-refractivity contribution in [3.05, 3.63) is 71.6 Å². The molecular weight excluding hydrogens is 492 g/mol. The molecule has 0 saturated heterocycles. The van der Waals surface area contributed by atoms with E-state index in [4.69, 9.17) is 14.0 Å². The number of carbonyl (C=O) groups excluding carboxylic acids is 2. The zero-order chi connectivity index (χ0) is 25.4. The molecule has 3 aromatic rings. The number of ether oxygens (including phenoxy) is 2. The third-order valence-corrected chi connectivity index (χ3v) is 6.75. The Balaban J connectivity index is 1.77. The van der Waals surface area contributed by atoms with Crippen LogP contribution in [-0.2, 0) is 18.8 Å². The van der Waals surface area contributed by atoms with Gasteiger partial charge in [0, 0.05) is 10.3 Å². The van der Waals surface area contributed by atoms with Crippen molar-refractivity contribution in [2.24, 2.45) is 4.99 Å². The van der Waals surface area contributed by atoms with Gasteiger partial charge in [-0.15, -0.1) is 11.3 Å². The molecule has 0 N–H and O–H groups in total. The molecule has 3 rings (SSSR count). The first-order valence-corrected chi connectivity index (χ1v) is 12.8. The average Bonchev–Trinajstić information content (AvgIpc) is 3.30. The lowest BCUT2D eigenvalue weighted by molar-refractivity contribution is -0.135. The number of hydrogen-bond donors (Lipinski definition) is 0. The summed E-state index contributed by atoms with van der Waals surface area (Å²) in [5.74, 6) is -2.93. The predicted octanol–water partition coefficient (Wildman–Crippen LogP) is 7.08. The van der Waals surface area contributed by atoms with Crippen LogP contribution in [0.5, 0.6) is 5.75 Å². The molecule has 0 saturated carbocycles. The second-order valence-corrected chi connectivity index (χ2v) is 9.60. The van der Waals surface area contributed by atoms with Crippen LogP contribution in [-0.4, -0.2) is 30.9 Å². The molecule has 0 aliphatic carbocycles. The number of thiophene rings is 1. The first kappa shape index (κ1) is 26.2. The molecule has 182 valence electrons. The Morgan fingerprint density at radius 3 is 2.71 bits per heavy atom. The summed E-state index contributed by atoms with van der Waals surface area (Å²) in [6.07, 6.45) is 2.14. The topological polar surface area (TPSA) is 91.3 Å². The minimum atomic E-state index is -2.83. The molecule has 1 heterocycles. The zero-order valence-electron chi connectivity index (χ0n) is 19.2. The van der Waals surface area contributed by atoms with Crippen molar-refractivity contribution in [2.75, 3.05) is 13.2 Å². The van der Waals surface area contributed by atoms with Crippen LogP contribution in [0.4, 0.5) is 10.1 Å². The minimum Gasteiger partial charge on any atom is -0.461 e. The smallest absolute Gasteiger partial charge is 0.461 e. The molecule has 0 spiro atoms. The summed E-state index contributed by atoms with van der Waals surface area (Å²) >= 11 is 1.21. The van der Waals surface area contributed by atoms with Crippen LogP contribution in [0.15, 0.2) is 66.2 Å². The van der Waals surface area contributed by atoms with Gasteiger partial charge in [0.2, 0.25) is 5.75 Å². The molecule has 2 unspecified atom stereocenters. The third-order valence-electron chi connectivity index (χ3n) is 4.61. The van der Waals surface area contributed by atoms with Crippen LogP contribution in [0.2, 0.25) is 0 Å². The van der Waals surface area contributed by atoms with Crippen molar-refractivity contribution in [1.29, 1.82) is 0 Å². The van der Waals surface area contributed by atoms with E-state index < -0.39 is 25.9 Å². The highest BCUT2D eigenvalue weighted by Crippen LogP contribution is 2.46. The Kier molecular flexibility index (Phi) is 9.23. The molecule has 2 aromatic carbocycles. The Morgan fingerprint density at radius 2 is 1.97 bits per heavy atom. The van der Waals surface area contributed by atoms with Gasteiger partial charge in [-0.05, 0) is 53.6 Å². The summed E-state index contributed by atoms with van der Waals surface area (Å²) in [5.41, 5.74) is 0.458. The summed E-state index contributed by atoms with van der Waals surface area (Å²) in [5, 5.41) is 0.621. The second-order valence-electron chi connectivity index (χ2n) is 7.31. The van der Waals surface area contributed by atoms with E-state index in [1.807, 2.05) is 6.92 Å². The molecular formula is C25H24FNO6PS+. The number of rotatable bonds is 11. The molecule has 0 aliphatic heterocycles.